The fraction of sp³-hybridized carbons (Fsp3) is 0.304. The molecule has 2 aromatic carbocycles. The molecular weight excluding hydrogens is 439 g/mol. The normalized spacial score (nSPS) is 12.4. The zero-order valence-corrected chi connectivity index (χ0v) is 18.5. The first-order chi connectivity index (χ1) is 15.3. The van der Waals surface area contributed by atoms with E-state index in [0.717, 1.165) is 27.6 Å². The van der Waals surface area contributed by atoms with E-state index in [1.54, 1.807) is 44.4 Å². The van der Waals surface area contributed by atoms with Gasteiger partial charge >= 0.3 is 6.18 Å². The number of benzene rings is 2. The summed E-state index contributed by atoms with van der Waals surface area (Å²) in [5.74, 6) is 0.498. The van der Waals surface area contributed by atoms with Gasteiger partial charge in [-0.25, -0.2) is 4.98 Å². The highest BCUT2D eigenvalue weighted by Crippen LogP contribution is 2.31. The number of amides is 1. The molecule has 1 amide bonds. The number of methoxy groups -OCH3 is 1. The maximum absolute atomic E-state index is 13.2. The van der Waals surface area contributed by atoms with Gasteiger partial charge < -0.3 is 14.6 Å². The van der Waals surface area contributed by atoms with E-state index in [4.69, 9.17) is 4.74 Å². The van der Waals surface area contributed by atoms with E-state index >= 15 is 0 Å². The number of halogens is 3. The van der Waals surface area contributed by atoms with Gasteiger partial charge in [0, 0.05) is 6.54 Å². The molecule has 1 unspecified atom stereocenters. The van der Waals surface area contributed by atoms with Crippen LogP contribution in [0.3, 0.4) is 0 Å². The predicted octanol–water partition coefficient (Wildman–Crippen LogP) is 4.96. The lowest BCUT2D eigenvalue weighted by atomic mass is 10.1. The number of carbonyl (C=O) groups excluding carboxylic acids is 1. The zero-order valence-electron chi connectivity index (χ0n) is 17.7. The maximum Gasteiger partial charge on any atom is 0.406 e. The van der Waals surface area contributed by atoms with Crippen molar-refractivity contribution in [1.82, 2.24) is 14.9 Å². The lowest BCUT2D eigenvalue weighted by Gasteiger charge is -2.16. The SMILES string of the molecule is COc1ccc(CCNC(=O)C(C)Sc2ncc(-c3ccccc3)n2CC(F)(F)F)cc1. The maximum atomic E-state index is 13.2. The number of hydrogen-bond donors (Lipinski definition) is 1. The zero-order chi connectivity index (χ0) is 23.1. The number of imidazole rings is 1. The minimum Gasteiger partial charge on any atom is -0.497 e. The average molecular weight is 464 g/mol. The van der Waals surface area contributed by atoms with Crippen molar-refractivity contribution in [3.05, 3.63) is 66.4 Å². The Kier molecular flexibility index (Phi) is 7.84. The van der Waals surface area contributed by atoms with Gasteiger partial charge in [0.1, 0.15) is 12.3 Å². The van der Waals surface area contributed by atoms with Crippen molar-refractivity contribution in [1.29, 1.82) is 0 Å². The Morgan fingerprint density at radius 1 is 1.16 bits per heavy atom. The summed E-state index contributed by atoms with van der Waals surface area (Å²) in [6.07, 6.45) is -2.37. The summed E-state index contributed by atoms with van der Waals surface area (Å²) in [6.45, 7) is 0.899. The highest BCUT2D eigenvalue weighted by Gasteiger charge is 2.31. The van der Waals surface area contributed by atoms with Crippen LogP contribution in [0.2, 0.25) is 0 Å². The lowest BCUT2D eigenvalue weighted by molar-refractivity contribution is -0.141. The van der Waals surface area contributed by atoms with Crippen molar-refractivity contribution in [2.75, 3.05) is 13.7 Å². The van der Waals surface area contributed by atoms with Gasteiger partial charge in [-0.05, 0) is 36.6 Å². The summed E-state index contributed by atoms with van der Waals surface area (Å²) in [5.41, 5.74) is 2.03. The highest BCUT2D eigenvalue weighted by molar-refractivity contribution is 8.00. The second kappa shape index (κ2) is 10.6. The second-order valence-electron chi connectivity index (χ2n) is 7.14. The van der Waals surface area contributed by atoms with Gasteiger partial charge in [0.25, 0.3) is 0 Å². The molecule has 0 aliphatic rings. The molecule has 9 heteroatoms. The second-order valence-corrected chi connectivity index (χ2v) is 8.45. The van der Waals surface area contributed by atoms with Crippen molar-refractivity contribution < 1.29 is 22.7 Å². The van der Waals surface area contributed by atoms with Crippen molar-refractivity contribution in [3.8, 4) is 17.0 Å². The molecule has 1 heterocycles. The molecule has 0 fully saturated rings. The largest absolute Gasteiger partial charge is 0.497 e. The predicted molar refractivity (Wildman–Crippen MR) is 119 cm³/mol. The van der Waals surface area contributed by atoms with Crippen LogP contribution in [0.25, 0.3) is 11.3 Å². The first-order valence-electron chi connectivity index (χ1n) is 10.0. The van der Waals surface area contributed by atoms with E-state index in [1.165, 1.54) is 6.20 Å². The van der Waals surface area contributed by atoms with Crippen LogP contribution in [0.1, 0.15) is 12.5 Å². The van der Waals surface area contributed by atoms with Gasteiger partial charge in [0.05, 0.1) is 24.3 Å². The molecule has 32 heavy (non-hydrogen) atoms. The summed E-state index contributed by atoms with van der Waals surface area (Å²) < 4.78 is 45.9. The number of rotatable bonds is 9. The third kappa shape index (κ3) is 6.53. The van der Waals surface area contributed by atoms with Crippen molar-refractivity contribution in [2.24, 2.45) is 0 Å². The van der Waals surface area contributed by atoms with Gasteiger partial charge in [-0.2, -0.15) is 13.2 Å². The third-order valence-electron chi connectivity index (χ3n) is 4.75. The standard InChI is InChI=1S/C23H24F3N3O2S/c1-16(21(30)27-13-12-17-8-10-19(31-2)11-9-17)32-22-28-14-20(18-6-4-3-5-7-18)29(22)15-23(24,25)26/h3-11,14,16H,12-13,15H2,1-2H3,(H,27,30). The first-order valence-corrected chi connectivity index (χ1v) is 10.9. The Hall–Kier alpha value is -2.94. The van der Waals surface area contributed by atoms with E-state index in [-0.39, 0.29) is 11.1 Å². The molecule has 0 aliphatic heterocycles. The van der Waals surface area contributed by atoms with E-state index < -0.39 is 18.0 Å². The Labute approximate surface area is 189 Å². The van der Waals surface area contributed by atoms with Crippen LogP contribution < -0.4 is 10.1 Å². The fourth-order valence-corrected chi connectivity index (χ4v) is 4.01. The summed E-state index contributed by atoms with van der Waals surface area (Å²) in [4.78, 5) is 16.7. The quantitative estimate of drug-likeness (QED) is 0.456. The molecule has 0 radical (unpaired) electrons. The number of alkyl halides is 3. The minimum atomic E-state index is -4.41. The van der Waals surface area contributed by atoms with Crippen LogP contribution in [-0.2, 0) is 17.8 Å². The third-order valence-corrected chi connectivity index (χ3v) is 5.85. The number of nitrogens with one attached hydrogen (secondary N) is 1. The monoisotopic (exact) mass is 463 g/mol. The van der Waals surface area contributed by atoms with Crippen molar-refractivity contribution in [3.63, 3.8) is 0 Å². The van der Waals surface area contributed by atoms with E-state index in [0.29, 0.717) is 24.2 Å². The first kappa shape index (κ1) is 23.7. The van der Waals surface area contributed by atoms with Gasteiger partial charge in [0.2, 0.25) is 5.91 Å². The van der Waals surface area contributed by atoms with E-state index in [2.05, 4.69) is 10.3 Å². The van der Waals surface area contributed by atoms with Crippen LogP contribution >= 0.6 is 11.8 Å². The Morgan fingerprint density at radius 2 is 1.84 bits per heavy atom. The topological polar surface area (TPSA) is 56.1 Å². The van der Waals surface area contributed by atoms with Crippen LogP contribution in [-0.4, -0.2) is 40.5 Å². The van der Waals surface area contributed by atoms with Crippen LogP contribution in [0.15, 0.2) is 66.0 Å². The number of hydrogen-bond acceptors (Lipinski definition) is 4. The van der Waals surface area contributed by atoms with Crippen molar-refractivity contribution in [2.45, 2.75) is 36.5 Å². The number of nitrogens with zero attached hydrogens (tertiary/aromatic N) is 2. The molecule has 170 valence electrons. The van der Waals surface area contributed by atoms with Gasteiger partial charge in [-0.15, -0.1) is 0 Å². The number of thioether (sulfide) groups is 1. The van der Waals surface area contributed by atoms with Gasteiger partial charge in [-0.1, -0.05) is 54.2 Å². The minimum absolute atomic E-state index is 0.152. The van der Waals surface area contributed by atoms with E-state index in [9.17, 15) is 18.0 Å². The molecule has 3 rings (SSSR count). The molecule has 0 aliphatic carbocycles. The Morgan fingerprint density at radius 3 is 2.47 bits per heavy atom. The number of ether oxygens (including phenoxy) is 1. The smallest absolute Gasteiger partial charge is 0.406 e. The van der Waals surface area contributed by atoms with Crippen LogP contribution in [0.4, 0.5) is 13.2 Å². The summed E-state index contributed by atoms with van der Waals surface area (Å²) in [5, 5.41) is 2.38. The molecule has 1 atom stereocenters. The molecule has 5 nitrogen and oxygen atoms in total. The number of aromatic nitrogens is 2. The molecule has 0 saturated heterocycles. The van der Waals surface area contributed by atoms with Crippen LogP contribution in [0.5, 0.6) is 5.75 Å². The molecule has 1 aromatic heterocycles. The average Bonchev–Trinajstić information content (AvgIpc) is 3.15. The summed E-state index contributed by atoms with van der Waals surface area (Å²) in [6, 6.07) is 16.3. The Balaban J connectivity index is 1.64. The van der Waals surface area contributed by atoms with E-state index in [1.807, 2.05) is 24.3 Å². The van der Waals surface area contributed by atoms with Gasteiger partial charge in [0.15, 0.2) is 5.16 Å². The summed E-state index contributed by atoms with van der Waals surface area (Å²) in [7, 11) is 1.59. The number of carbonyl (C=O) groups is 1. The lowest BCUT2D eigenvalue weighted by Crippen LogP contribution is -2.32. The summed E-state index contributed by atoms with van der Waals surface area (Å²) >= 11 is 1.01. The fourth-order valence-electron chi connectivity index (χ4n) is 3.10. The van der Waals surface area contributed by atoms with Crippen molar-refractivity contribution >= 4 is 17.7 Å². The Bertz CT molecular complexity index is 1020. The molecular formula is C23H24F3N3O2S. The van der Waals surface area contributed by atoms with Gasteiger partial charge in [-0.3, -0.25) is 4.79 Å². The molecule has 0 spiro atoms. The molecule has 3 aromatic rings. The highest BCUT2D eigenvalue weighted by atomic mass is 32.2. The molecule has 1 N–H and O–H groups in total. The van der Waals surface area contributed by atoms with Crippen LogP contribution in [0, 0.1) is 0 Å². The molecule has 0 saturated carbocycles. The molecule has 0 bridgehead atoms.